The van der Waals surface area contributed by atoms with Crippen LogP contribution in [0.2, 0.25) is 0 Å². The van der Waals surface area contributed by atoms with E-state index in [-0.39, 0.29) is 0 Å². The van der Waals surface area contributed by atoms with Crippen molar-refractivity contribution in [3.63, 3.8) is 0 Å². The highest BCUT2D eigenvalue weighted by atomic mass is 15.3. The standard InChI is InChI=1S/C15H29N3/c1-8-10(2)9-11(3)16-12(4)15-13(5)17-18(7)14(15)6/h10-12,16H,8-9H2,1-7H3. The summed E-state index contributed by atoms with van der Waals surface area (Å²) in [6.07, 6.45) is 2.49. The van der Waals surface area contributed by atoms with Gasteiger partial charge in [0.1, 0.15) is 0 Å². The zero-order valence-electron chi connectivity index (χ0n) is 13.0. The topological polar surface area (TPSA) is 29.9 Å². The molecule has 0 bridgehead atoms. The van der Waals surface area contributed by atoms with E-state index in [4.69, 9.17) is 0 Å². The van der Waals surface area contributed by atoms with Gasteiger partial charge in [-0.1, -0.05) is 20.3 Å². The van der Waals surface area contributed by atoms with Crippen LogP contribution in [0, 0.1) is 19.8 Å². The lowest BCUT2D eigenvalue weighted by molar-refractivity contribution is 0.384. The summed E-state index contributed by atoms with van der Waals surface area (Å²) >= 11 is 0. The first-order chi connectivity index (χ1) is 8.36. The van der Waals surface area contributed by atoms with Crippen molar-refractivity contribution in [2.24, 2.45) is 13.0 Å². The van der Waals surface area contributed by atoms with Crippen LogP contribution in [0.15, 0.2) is 0 Å². The quantitative estimate of drug-likeness (QED) is 0.838. The van der Waals surface area contributed by atoms with Crippen LogP contribution in [0.3, 0.4) is 0 Å². The summed E-state index contributed by atoms with van der Waals surface area (Å²) in [4.78, 5) is 0. The van der Waals surface area contributed by atoms with Crippen LogP contribution >= 0.6 is 0 Å². The summed E-state index contributed by atoms with van der Waals surface area (Å²) in [6, 6.07) is 0.923. The molecule has 0 amide bonds. The van der Waals surface area contributed by atoms with Gasteiger partial charge in [-0.2, -0.15) is 5.10 Å². The van der Waals surface area contributed by atoms with Crippen molar-refractivity contribution in [1.29, 1.82) is 0 Å². The molecule has 3 atom stereocenters. The normalized spacial score (nSPS) is 16.6. The maximum Gasteiger partial charge on any atom is 0.0644 e. The monoisotopic (exact) mass is 251 g/mol. The number of aryl methyl sites for hydroxylation is 2. The zero-order chi connectivity index (χ0) is 13.9. The molecule has 0 aliphatic carbocycles. The van der Waals surface area contributed by atoms with Crippen LogP contribution in [0.1, 0.15) is 63.5 Å². The summed E-state index contributed by atoms with van der Waals surface area (Å²) < 4.78 is 1.97. The van der Waals surface area contributed by atoms with Crippen molar-refractivity contribution >= 4 is 0 Å². The van der Waals surface area contributed by atoms with Crippen molar-refractivity contribution in [2.45, 2.75) is 66.5 Å². The Balaban J connectivity index is 2.67. The number of hydrogen-bond donors (Lipinski definition) is 1. The smallest absolute Gasteiger partial charge is 0.0644 e. The molecule has 1 aromatic heterocycles. The summed E-state index contributed by atoms with van der Waals surface area (Å²) in [7, 11) is 2.02. The highest BCUT2D eigenvalue weighted by Crippen LogP contribution is 2.22. The van der Waals surface area contributed by atoms with Gasteiger partial charge in [0.2, 0.25) is 0 Å². The second-order valence-electron chi connectivity index (χ2n) is 5.75. The van der Waals surface area contributed by atoms with Crippen LogP contribution in [0.4, 0.5) is 0 Å². The van der Waals surface area contributed by atoms with Gasteiger partial charge in [0.05, 0.1) is 5.69 Å². The van der Waals surface area contributed by atoms with Crippen LogP contribution in [0.5, 0.6) is 0 Å². The predicted molar refractivity (Wildman–Crippen MR) is 77.8 cm³/mol. The van der Waals surface area contributed by atoms with Gasteiger partial charge in [-0.15, -0.1) is 0 Å². The first-order valence-corrected chi connectivity index (χ1v) is 7.12. The SMILES string of the molecule is CCC(C)CC(C)NC(C)c1c(C)nn(C)c1C. The maximum absolute atomic E-state index is 4.49. The highest BCUT2D eigenvalue weighted by Gasteiger charge is 2.18. The third-order valence-electron chi connectivity index (χ3n) is 3.99. The molecule has 18 heavy (non-hydrogen) atoms. The molecule has 0 aliphatic rings. The lowest BCUT2D eigenvalue weighted by atomic mass is 9.98. The average molecular weight is 251 g/mol. The van der Waals surface area contributed by atoms with Crippen molar-refractivity contribution in [2.75, 3.05) is 0 Å². The summed E-state index contributed by atoms with van der Waals surface area (Å²) in [5.74, 6) is 0.788. The van der Waals surface area contributed by atoms with Gasteiger partial charge in [-0.3, -0.25) is 4.68 Å². The lowest BCUT2D eigenvalue weighted by Crippen LogP contribution is -2.31. The van der Waals surface area contributed by atoms with Crippen molar-refractivity contribution in [3.8, 4) is 0 Å². The fourth-order valence-corrected chi connectivity index (χ4v) is 2.77. The van der Waals surface area contributed by atoms with Gasteiger partial charge in [0, 0.05) is 30.4 Å². The molecule has 0 saturated carbocycles. The molecular formula is C15H29N3. The lowest BCUT2D eigenvalue weighted by Gasteiger charge is -2.23. The molecular weight excluding hydrogens is 222 g/mol. The van der Waals surface area contributed by atoms with Gasteiger partial charge < -0.3 is 5.32 Å². The number of nitrogens with one attached hydrogen (secondary N) is 1. The molecule has 1 N–H and O–H groups in total. The van der Waals surface area contributed by atoms with E-state index in [0.717, 1.165) is 11.6 Å². The Bertz CT molecular complexity index is 381. The van der Waals surface area contributed by atoms with E-state index >= 15 is 0 Å². The summed E-state index contributed by atoms with van der Waals surface area (Å²) in [6.45, 7) is 13.3. The molecule has 0 aromatic carbocycles. The van der Waals surface area contributed by atoms with E-state index < -0.39 is 0 Å². The van der Waals surface area contributed by atoms with Gasteiger partial charge in [-0.25, -0.2) is 0 Å². The molecule has 0 fully saturated rings. The van der Waals surface area contributed by atoms with Gasteiger partial charge in [0.25, 0.3) is 0 Å². The van der Waals surface area contributed by atoms with Gasteiger partial charge in [-0.05, 0) is 40.0 Å². The van der Waals surface area contributed by atoms with Crippen LogP contribution < -0.4 is 5.32 Å². The van der Waals surface area contributed by atoms with E-state index in [9.17, 15) is 0 Å². The van der Waals surface area contributed by atoms with Gasteiger partial charge >= 0.3 is 0 Å². The molecule has 0 spiro atoms. The Kier molecular flexibility index (Phi) is 5.39. The van der Waals surface area contributed by atoms with Gasteiger partial charge in [0.15, 0.2) is 0 Å². The Morgan fingerprint density at radius 3 is 2.28 bits per heavy atom. The van der Waals surface area contributed by atoms with Crippen LogP contribution in [0.25, 0.3) is 0 Å². The zero-order valence-corrected chi connectivity index (χ0v) is 13.0. The van der Waals surface area contributed by atoms with E-state index in [1.165, 1.54) is 24.1 Å². The van der Waals surface area contributed by atoms with Crippen molar-refractivity contribution in [3.05, 3.63) is 17.0 Å². The number of rotatable bonds is 6. The van der Waals surface area contributed by atoms with Crippen molar-refractivity contribution in [1.82, 2.24) is 15.1 Å². The molecule has 104 valence electrons. The molecule has 0 radical (unpaired) electrons. The van der Waals surface area contributed by atoms with E-state index in [0.29, 0.717) is 12.1 Å². The predicted octanol–water partition coefficient (Wildman–Crippen LogP) is 3.51. The minimum absolute atomic E-state index is 0.373. The first kappa shape index (κ1) is 15.2. The largest absolute Gasteiger partial charge is 0.308 e. The second kappa shape index (κ2) is 6.37. The first-order valence-electron chi connectivity index (χ1n) is 7.12. The Hall–Kier alpha value is -0.830. The molecule has 1 heterocycles. The van der Waals surface area contributed by atoms with E-state index in [1.54, 1.807) is 0 Å². The molecule has 0 aliphatic heterocycles. The molecule has 3 heteroatoms. The highest BCUT2D eigenvalue weighted by molar-refractivity contribution is 5.27. The number of aromatic nitrogens is 2. The molecule has 1 aromatic rings. The fraction of sp³-hybridized carbons (Fsp3) is 0.800. The minimum atomic E-state index is 0.373. The van der Waals surface area contributed by atoms with E-state index in [2.05, 4.69) is 52.0 Å². The second-order valence-corrected chi connectivity index (χ2v) is 5.75. The summed E-state index contributed by atoms with van der Waals surface area (Å²) in [5.41, 5.74) is 3.77. The van der Waals surface area contributed by atoms with Crippen LogP contribution in [-0.4, -0.2) is 15.8 Å². The van der Waals surface area contributed by atoms with Crippen LogP contribution in [-0.2, 0) is 7.05 Å². The Morgan fingerprint density at radius 2 is 1.83 bits per heavy atom. The van der Waals surface area contributed by atoms with E-state index in [1.807, 2.05) is 11.7 Å². The molecule has 3 unspecified atom stereocenters. The third-order valence-corrected chi connectivity index (χ3v) is 3.99. The number of hydrogen-bond acceptors (Lipinski definition) is 2. The number of nitrogens with zero attached hydrogens (tertiary/aromatic N) is 2. The third kappa shape index (κ3) is 3.58. The average Bonchev–Trinajstić information content (AvgIpc) is 2.52. The Morgan fingerprint density at radius 1 is 1.22 bits per heavy atom. The fourth-order valence-electron chi connectivity index (χ4n) is 2.77. The Labute approximate surface area is 112 Å². The minimum Gasteiger partial charge on any atom is -0.308 e. The summed E-state index contributed by atoms with van der Waals surface area (Å²) in [5, 5.41) is 8.20. The molecule has 0 saturated heterocycles. The molecule has 1 rings (SSSR count). The maximum atomic E-state index is 4.49. The molecule has 3 nitrogen and oxygen atoms in total. The van der Waals surface area contributed by atoms with Crippen molar-refractivity contribution < 1.29 is 0 Å².